The minimum atomic E-state index is -0.910. The highest BCUT2D eigenvalue weighted by molar-refractivity contribution is 6.32. The number of benzene rings is 1. The molecule has 1 aliphatic rings. The van der Waals surface area contributed by atoms with Gasteiger partial charge in [0.15, 0.2) is 0 Å². The zero-order chi connectivity index (χ0) is 10.1. The molecule has 0 fully saturated rings. The number of fused-ring (bicyclic) bond motifs is 1. The number of carboxylic acid groups (broad SMARTS) is 1. The van der Waals surface area contributed by atoms with Crippen LogP contribution in [0.15, 0.2) is 12.1 Å². The van der Waals surface area contributed by atoms with E-state index in [1.54, 1.807) is 12.1 Å². The van der Waals surface area contributed by atoms with Crippen molar-refractivity contribution in [1.29, 1.82) is 0 Å². The maximum atomic E-state index is 10.9. The summed E-state index contributed by atoms with van der Waals surface area (Å²) in [7, 11) is 0. The number of rotatable bonds is 1. The Kier molecular flexibility index (Phi) is 2.33. The molecule has 0 aromatic heterocycles. The van der Waals surface area contributed by atoms with Crippen molar-refractivity contribution in [2.45, 2.75) is 12.8 Å². The second-order valence-electron chi connectivity index (χ2n) is 3.28. The lowest BCUT2D eigenvalue weighted by molar-refractivity contribution is 0.0698. The first-order valence-electron chi connectivity index (χ1n) is 4.48. The SMILES string of the molecule is O=C(O)c1ccc(Cl)c2c1NCCC2. The van der Waals surface area contributed by atoms with Crippen molar-refractivity contribution in [2.75, 3.05) is 11.9 Å². The highest BCUT2D eigenvalue weighted by Gasteiger charge is 2.19. The van der Waals surface area contributed by atoms with E-state index in [9.17, 15) is 4.79 Å². The Labute approximate surface area is 86.7 Å². The van der Waals surface area contributed by atoms with E-state index >= 15 is 0 Å². The summed E-state index contributed by atoms with van der Waals surface area (Å²) in [6.07, 6.45) is 1.85. The van der Waals surface area contributed by atoms with Crippen LogP contribution in [0.5, 0.6) is 0 Å². The Morgan fingerprint density at radius 2 is 2.29 bits per heavy atom. The van der Waals surface area contributed by atoms with Gasteiger partial charge in [-0.15, -0.1) is 0 Å². The van der Waals surface area contributed by atoms with Crippen molar-refractivity contribution in [2.24, 2.45) is 0 Å². The quantitative estimate of drug-likeness (QED) is 0.750. The Hall–Kier alpha value is -1.22. The van der Waals surface area contributed by atoms with Crippen molar-refractivity contribution in [1.82, 2.24) is 0 Å². The number of halogens is 1. The van der Waals surface area contributed by atoms with Gasteiger partial charge in [0.2, 0.25) is 0 Å². The fraction of sp³-hybridized carbons (Fsp3) is 0.300. The van der Waals surface area contributed by atoms with E-state index in [1.165, 1.54) is 0 Å². The normalized spacial score (nSPS) is 14.4. The molecule has 0 spiro atoms. The van der Waals surface area contributed by atoms with Gasteiger partial charge >= 0.3 is 5.97 Å². The molecular weight excluding hydrogens is 202 g/mol. The number of aromatic carboxylic acids is 1. The maximum Gasteiger partial charge on any atom is 0.337 e. The van der Waals surface area contributed by atoms with Crippen LogP contribution in [0.4, 0.5) is 5.69 Å². The van der Waals surface area contributed by atoms with Gasteiger partial charge in [-0.3, -0.25) is 0 Å². The Morgan fingerprint density at radius 1 is 1.50 bits per heavy atom. The lowest BCUT2D eigenvalue weighted by Gasteiger charge is -2.20. The largest absolute Gasteiger partial charge is 0.478 e. The molecule has 1 aliphatic heterocycles. The zero-order valence-corrected chi connectivity index (χ0v) is 8.27. The number of hydrogen-bond donors (Lipinski definition) is 2. The second kappa shape index (κ2) is 3.50. The highest BCUT2D eigenvalue weighted by atomic mass is 35.5. The molecule has 1 heterocycles. The van der Waals surface area contributed by atoms with Crippen LogP contribution in [0.1, 0.15) is 22.3 Å². The third kappa shape index (κ3) is 1.44. The van der Waals surface area contributed by atoms with E-state index in [4.69, 9.17) is 16.7 Å². The molecule has 4 heteroatoms. The first-order chi connectivity index (χ1) is 6.70. The smallest absolute Gasteiger partial charge is 0.337 e. The minimum Gasteiger partial charge on any atom is -0.478 e. The van der Waals surface area contributed by atoms with Crippen molar-refractivity contribution in [3.63, 3.8) is 0 Å². The van der Waals surface area contributed by atoms with Gasteiger partial charge < -0.3 is 10.4 Å². The monoisotopic (exact) mass is 211 g/mol. The van der Waals surface area contributed by atoms with Crippen LogP contribution in [0, 0.1) is 0 Å². The van der Waals surface area contributed by atoms with E-state index in [2.05, 4.69) is 5.32 Å². The predicted octanol–water partition coefficient (Wildman–Crippen LogP) is 2.40. The van der Waals surface area contributed by atoms with Gasteiger partial charge in [-0.05, 0) is 30.5 Å². The number of carbonyl (C=O) groups is 1. The van der Waals surface area contributed by atoms with Gasteiger partial charge in [-0.25, -0.2) is 4.79 Å². The van der Waals surface area contributed by atoms with Gasteiger partial charge in [-0.2, -0.15) is 0 Å². The van der Waals surface area contributed by atoms with Crippen molar-refractivity contribution >= 4 is 23.3 Å². The molecule has 0 amide bonds. The molecule has 0 saturated heterocycles. The molecule has 1 aromatic rings. The average molecular weight is 212 g/mol. The predicted molar refractivity (Wildman–Crippen MR) is 55.2 cm³/mol. The summed E-state index contributed by atoms with van der Waals surface area (Å²) in [5, 5.41) is 12.7. The van der Waals surface area contributed by atoms with Crippen LogP contribution >= 0.6 is 11.6 Å². The maximum absolute atomic E-state index is 10.9. The Balaban J connectivity index is 2.59. The summed E-state index contributed by atoms with van der Waals surface area (Å²) < 4.78 is 0. The van der Waals surface area contributed by atoms with Crippen LogP contribution in [0.2, 0.25) is 5.02 Å². The van der Waals surface area contributed by atoms with Crippen LogP contribution in [-0.2, 0) is 6.42 Å². The Bertz CT molecular complexity index is 390. The molecule has 0 atom stereocenters. The second-order valence-corrected chi connectivity index (χ2v) is 3.69. The standard InChI is InChI=1S/C10H10ClNO2/c11-8-4-3-7(10(13)14)9-6(8)2-1-5-12-9/h3-4,12H,1-2,5H2,(H,13,14). The molecule has 14 heavy (non-hydrogen) atoms. The summed E-state index contributed by atoms with van der Waals surface area (Å²) in [5.74, 6) is -0.910. The van der Waals surface area contributed by atoms with Crippen molar-refractivity contribution < 1.29 is 9.90 Å². The highest BCUT2D eigenvalue weighted by Crippen LogP contribution is 2.32. The van der Waals surface area contributed by atoms with E-state index in [-0.39, 0.29) is 0 Å². The fourth-order valence-electron chi connectivity index (χ4n) is 1.73. The molecule has 2 rings (SSSR count). The van der Waals surface area contributed by atoms with E-state index < -0.39 is 5.97 Å². The van der Waals surface area contributed by atoms with Crippen LogP contribution in [-0.4, -0.2) is 17.6 Å². The third-order valence-corrected chi connectivity index (χ3v) is 2.75. The fourth-order valence-corrected chi connectivity index (χ4v) is 1.98. The average Bonchev–Trinajstić information content (AvgIpc) is 2.18. The van der Waals surface area contributed by atoms with E-state index in [1.807, 2.05) is 0 Å². The lowest BCUT2D eigenvalue weighted by Crippen LogP contribution is -2.16. The van der Waals surface area contributed by atoms with Crippen molar-refractivity contribution in [3.05, 3.63) is 28.3 Å². The van der Waals surface area contributed by atoms with Gasteiger partial charge in [-0.1, -0.05) is 11.6 Å². The number of anilines is 1. The molecule has 0 unspecified atom stereocenters. The van der Waals surface area contributed by atoms with E-state index in [0.717, 1.165) is 24.9 Å². The third-order valence-electron chi connectivity index (χ3n) is 2.39. The van der Waals surface area contributed by atoms with Gasteiger partial charge in [0, 0.05) is 11.6 Å². The molecule has 1 aromatic carbocycles. The summed E-state index contributed by atoms with van der Waals surface area (Å²) >= 11 is 5.99. The van der Waals surface area contributed by atoms with Crippen molar-refractivity contribution in [3.8, 4) is 0 Å². The Morgan fingerprint density at radius 3 is 3.00 bits per heavy atom. The number of carboxylic acids is 1. The van der Waals surface area contributed by atoms with Gasteiger partial charge in [0.1, 0.15) is 0 Å². The zero-order valence-electron chi connectivity index (χ0n) is 7.51. The molecule has 3 nitrogen and oxygen atoms in total. The summed E-state index contributed by atoms with van der Waals surface area (Å²) in [6, 6.07) is 3.19. The van der Waals surface area contributed by atoms with Gasteiger partial charge in [0.25, 0.3) is 0 Å². The molecule has 0 aliphatic carbocycles. The lowest BCUT2D eigenvalue weighted by atomic mass is 9.99. The minimum absolute atomic E-state index is 0.309. The van der Waals surface area contributed by atoms with Crippen LogP contribution < -0.4 is 5.32 Å². The molecular formula is C10H10ClNO2. The van der Waals surface area contributed by atoms with E-state index in [0.29, 0.717) is 16.3 Å². The number of hydrogen-bond acceptors (Lipinski definition) is 2. The number of nitrogens with one attached hydrogen (secondary N) is 1. The summed E-state index contributed by atoms with van der Waals surface area (Å²) in [5.41, 5.74) is 1.93. The van der Waals surface area contributed by atoms with Crippen LogP contribution in [0.25, 0.3) is 0 Å². The summed E-state index contributed by atoms with van der Waals surface area (Å²) in [6.45, 7) is 0.813. The molecule has 74 valence electrons. The molecule has 2 N–H and O–H groups in total. The topological polar surface area (TPSA) is 49.3 Å². The first kappa shape index (κ1) is 9.34. The summed E-state index contributed by atoms with van der Waals surface area (Å²) in [4.78, 5) is 10.9. The first-order valence-corrected chi connectivity index (χ1v) is 4.86. The molecule has 0 bridgehead atoms. The molecule has 0 saturated carbocycles. The molecule has 0 radical (unpaired) electrons. The van der Waals surface area contributed by atoms with Gasteiger partial charge in [0.05, 0.1) is 11.3 Å². The van der Waals surface area contributed by atoms with Crippen LogP contribution in [0.3, 0.4) is 0 Å².